The van der Waals surface area contributed by atoms with Crippen LogP contribution in [0.5, 0.6) is 0 Å². The lowest BCUT2D eigenvalue weighted by atomic mass is 10.1. The Bertz CT molecular complexity index is 966. The van der Waals surface area contributed by atoms with Gasteiger partial charge < -0.3 is 14.1 Å². The molecule has 0 radical (unpaired) electrons. The lowest BCUT2D eigenvalue weighted by molar-refractivity contribution is 0.0600. The lowest BCUT2D eigenvalue weighted by Crippen LogP contribution is -2.51. The molecule has 7 heteroatoms. The number of hydrogen-bond acceptors (Lipinski definition) is 7. The molecule has 1 aliphatic rings. The van der Waals surface area contributed by atoms with Crippen LogP contribution in [-0.2, 0) is 11.3 Å². The van der Waals surface area contributed by atoms with Crippen molar-refractivity contribution in [3.8, 4) is 10.8 Å². The Kier molecular flexibility index (Phi) is 5.69. The van der Waals surface area contributed by atoms with Crippen LogP contribution in [0.15, 0.2) is 46.2 Å². The number of rotatable bonds is 5. The molecule has 1 unspecified atom stereocenters. The fraction of sp³-hybridized carbons (Fsp3) is 0.364. The summed E-state index contributed by atoms with van der Waals surface area (Å²) in [4.78, 5) is 22.2. The van der Waals surface area contributed by atoms with Crippen molar-refractivity contribution in [1.82, 2.24) is 9.88 Å². The molecule has 0 N–H and O–H groups in total. The summed E-state index contributed by atoms with van der Waals surface area (Å²) in [5.41, 5.74) is 2.71. The van der Waals surface area contributed by atoms with Crippen LogP contribution in [-0.4, -0.2) is 48.6 Å². The number of ether oxygens (including phenoxy) is 1. The maximum atomic E-state index is 11.6. The molecule has 2 aromatic heterocycles. The number of thiophene rings is 1. The number of oxazole rings is 1. The highest BCUT2D eigenvalue weighted by atomic mass is 32.1. The zero-order chi connectivity index (χ0) is 20.4. The van der Waals surface area contributed by atoms with Crippen LogP contribution in [0.2, 0.25) is 0 Å². The van der Waals surface area contributed by atoms with Crippen LogP contribution in [0.4, 0.5) is 5.69 Å². The summed E-state index contributed by atoms with van der Waals surface area (Å²) in [5, 5.41) is 2.04. The monoisotopic (exact) mass is 411 g/mol. The summed E-state index contributed by atoms with van der Waals surface area (Å²) in [5.74, 6) is 1.30. The molecule has 29 heavy (non-hydrogen) atoms. The molecule has 3 aromatic rings. The molecule has 1 fully saturated rings. The van der Waals surface area contributed by atoms with Gasteiger partial charge in [0.15, 0.2) is 0 Å². The van der Waals surface area contributed by atoms with Crippen molar-refractivity contribution in [2.24, 2.45) is 0 Å². The van der Waals surface area contributed by atoms with Crippen LogP contribution in [0.25, 0.3) is 10.8 Å². The number of carbonyl (C=O) groups is 1. The molecule has 0 spiro atoms. The second kappa shape index (κ2) is 8.39. The van der Waals surface area contributed by atoms with E-state index in [0.717, 1.165) is 48.2 Å². The van der Waals surface area contributed by atoms with E-state index in [0.29, 0.717) is 17.5 Å². The van der Waals surface area contributed by atoms with E-state index in [4.69, 9.17) is 14.1 Å². The first-order chi connectivity index (χ1) is 14.0. The second-order valence-corrected chi connectivity index (χ2v) is 8.25. The highest BCUT2D eigenvalue weighted by Crippen LogP contribution is 2.27. The Labute approximate surface area is 174 Å². The van der Waals surface area contributed by atoms with Crippen molar-refractivity contribution in [1.29, 1.82) is 0 Å². The van der Waals surface area contributed by atoms with Gasteiger partial charge in [-0.15, -0.1) is 11.3 Å². The number of piperazine rings is 1. The number of anilines is 1. The van der Waals surface area contributed by atoms with E-state index in [1.165, 1.54) is 7.11 Å². The lowest BCUT2D eigenvalue weighted by Gasteiger charge is -2.40. The fourth-order valence-electron chi connectivity index (χ4n) is 3.66. The molecular formula is C22H25N3O3S. The third-order valence-corrected chi connectivity index (χ3v) is 6.25. The highest BCUT2D eigenvalue weighted by Gasteiger charge is 2.26. The zero-order valence-corrected chi connectivity index (χ0v) is 17.7. The number of aryl methyl sites for hydroxylation is 1. The molecule has 1 atom stereocenters. The zero-order valence-electron chi connectivity index (χ0n) is 16.9. The third-order valence-electron chi connectivity index (χ3n) is 5.40. The molecule has 6 nitrogen and oxygen atoms in total. The van der Waals surface area contributed by atoms with Gasteiger partial charge in [-0.2, -0.15) is 0 Å². The van der Waals surface area contributed by atoms with Gasteiger partial charge >= 0.3 is 5.97 Å². The third kappa shape index (κ3) is 4.21. The molecule has 1 aromatic carbocycles. The minimum Gasteiger partial charge on any atom is -0.465 e. The predicted octanol–water partition coefficient (Wildman–Crippen LogP) is 4.21. The van der Waals surface area contributed by atoms with Gasteiger partial charge in [0.05, 0.1) is 23.2 Å². The quantitative estimate of drug-likeness (QED) is 0.586. The Morgan fingerprint density at radius 3 is 2.72 bits per heavy atom. The van der Waals surface area contributed by atoms with Crippen molar-refractivity contribution >= 4 is 23.0 Å². The maximum Gasteiger partial charge on any atom is 0.337 e. The van der Waals surface area contributed by atoms with Crippen molar-refractivity contribution in [2.45, 2.75) is 26.4 Å². The minimum atomic E-state index is -0.306. The van der Waals surface area contributed by atoms with Crippen LogP contribution < -0.4 is 4.90 Å². The molecule has 152 valence electrons. The van der Waals surface area contributed by atoms with Gasteiger partial charge in [0.2, 0.25) is 5.89 Å². The normalized spacial score (nSPS) is 17.5. The van der Waals surface area contributed by atoms with E-state index in [1.54, 1.807) is 11.3 Å². The summed E-state index contributed by atoms with van der Waals surface area (Å²) >= 11 is 1.64. The smallest absolute Gasteiger partial charge is 0.337 e. The minimum absolute atomic E-state index is 0.306. The molecule has 0 amide bonds. The molecule has 0 saturated carbocycles. The second-order valence-electron chi connectivity index (χ2n) is 7.30. The molecule has 3 heterocycles. The topological polar surface area (TPSA) is 58.8 Å². The number of benzene rings is 1. The highest BCUT2D eigenvalue weighted by molar-refractivity contribution is 7.13. The van der Waals surface area contributed by atoms with Gasteiger partial charge in [0.1, 0.15) is 5.76 Å². The molecule has 4 rings (SSSR count). The Hall–Kier alpha value is -2.64. The number of hydrogen-bond donors (Lipinski definition) is 0. The molecule has 1 aliphatic heterocycles. The first-order valence-corrected chi connectivity index (χ1v) is 10.6. The standard InChI is InChI=1S/C22H25N3O3S/c1-15-13-25(18-8-6-17(7-9-18)22(26)27-3)11-10-24(15)14-19-16(2)28-21(23-19)20-5-4-12-29-20/h4-9,12,15H,10-11,13-14H2,1-3H3. The Balaban J connectivity index is 1.40. The number of carbonyl (C=O) groups excluding carboxylic acids is 1. The number of aromatic nitrogens is 1. The van der Waals surface area contributed by atoms with E-state index in [1.807, 2.05) is 48.7 Å². The number of esters is 1. The average Bonchev–Trinajstić information content (AvgIpc) is 3.39. The summed E-state index contributed by atoms with van der Waals surface area (Å²) in [7, 11) is 1.40. The van der Waals surface area contributed by atoms with E-state index in [9.17, 15) is 4.79 Å². The summed E-state index contributed by atoms with van der Waals surface area (Å²) < 4.78 is 10.7. The van der Waals surface area contributed by atoms with E-state index in [-0.39, 0.29) is 5.97 Å². The van der Waals surface area contributed by atoms with Crippen molar-refractivity contribution in [3.05, 3.63) is 58.8 Å². The van der Waals surface area contributed by atoms with E-state index < -0.39 is 0 Å². The van der Waals surface area contributed by atoms with E-state index in [2.05, 4.69) is 16.7 Å². The van der Waals surface area contributed by atoms with Crippen LogP contribution >= 0.6 is 11.3 Å². The van der Waals surface area contributed by atoms with Crippen molar-refractivity contribution in [2.75, 3.05) is 31.6 Å². The summed E-state index contributed by atoms with van der Waals surface area (Å²) in [6.45, 7) is 7.81. The first-order valence-electron chi connectivity index (χ1n) is 9.72. The van der Waals surface area contributed by atoms with Gasteiger partial charge in [-0.25, -0.2) is 9.78 Å². The molecular weight excluding hydrogens is 386 g/mol. The SMILES string of the molecule is COC(=O)c1ccc(N2CCN(Cc3nc(-c4cccs4)oc3C)C(C)C2)cc1. The number of methoxy groups -OCH3 is 1. The average molecular weight is 412 g/mol. The number of nitrogens with zero attached hydrogens (tertiary/aromatic N) is 3. The fourth-order valence-corrected chi connectivity index (χ4v) is 4.31. The van der Waals surface area contributed by atoms with Crippen LogP contribution in [0.1, 0.15) is 28.7 Å². The summed E-state index contributed by atoms with van der Waals surface area (Å²) in [6.07, 6.45) is 0. The van der Waals surface area contributed by atoms with Crippen molar-refractivity contribution < 1.29 is 13.9 Å². The van der Waals surface area contributed by atoms with Crippen molar-refractivity contribution in [3.63, 3.8) is 0 Å². The van der Waals surface area contributed by atoms with Crippen LogP contribution in [0, 0.1) is 6.92 Å². The van der Waals surface area contributed by atoms with Gasteiger partial charge in [-0.3, -0.25) is 4.90 Å². The summed E-state index contributed by atoms with van der Waals surface area (Å²) in [6, 6.07) is 12.1. The van der Waals surface area contributed by atoms with Gasteiger partial charge in [0.25, 0.3) is 0 Å². The Morgan fingerprint density at radius 1 is 1.28 bits per heavy atom. The maximum absolute atomic E-state index is 11.6. The van der Waals surface area contributed by atoms with Gasteiger partial charge in [-0.05, 0) is 49.6 Å². The first kappa shape index (κ1) is 19.7. The molecule has 0 aliphatic carbocycles. The predicted molar refractivity (Wildman–Crippen MR) is 114 cm³/mol. The molecule has 1 saturated heterocycles. The molecule has 0 bridgehead atoms. The van der Waals surface area contributed by atoms with E-state index >= 15 is 0 Å². The van der Waals surface area contributed by atoms with Crippen LogP contribution in [0.3, 0.4) is 0 Å². The van der Waals surface area contributed by atoms with Gasteiger partial charge in [-0.1, -0.05) is 6.07 Å². The van der Waals surface area contributed by atoms with Gasteiger partial charge in [0, 0.05) is 37.9 Å². The Morgan fingerprint density at radius 2 is 2.07 bits per heavy atom. The largest absolute Gasteiger partial charge is 0.465 e.